The van der Waals surface area contributed by atoms with Crippen molar-refractivity contribution in [3.8, 4) is 5.88 Å². The van der Waals surface area contributed by atoms with Crippen molar-refractivity contribution >= 4 is 52.4 Å². The van der Waals surface area contributed by atoms with Crippen LogP contribution in [-0.4, -0.2) is 76.6 Å². The van der Waals surface area contributed by atoms with Gasteiger partial charge in [-0.1, -0.05) is 36.4 Å². The highest BCUT2D eigenvalue weighted by Gasteiger charge is 2.26. The van der Waals surface area contributed by atoms with Gasteiger partial charge in [0.1, 0.15) is 26.7 Å². The Morgan fingerprint density at radius 1 is 0.756 bits per heavy atom. The average molecular weight is 621 g/mol. The molecule has 2 aromatic heterocycles. The molecule has 0 N–H and O–H groups in total. The molecule has 0 aliphatic heterocycles. The second-order valence-electron chi connectivity index (χ2n) is 9.29. The number of hydrogen-bond donors (Lipinski definition) is 0. The van der Waals surface area contributed by atoms with E-state index in [1.165, 1.54) is 36.6 Å². The first-order chi connectivity index (χ1) is 21.7. The van der Waals surface area contributed by atoms with Gasteiger partial charge in [0.2, 0.25) is 11.9 Å². The number of para-hydroxylation sites is 2. The summed E-state index contributed by atoms with van der Waals surface area (Å²) in [4.78, 5) is 64.2. The van der Waals surface area contributed by atoms with Crippen LogP contribution in [0.25, 0.3) is 11.2 Å². The Morgan fingerprint density at radius 2 is 1.33 bits per heavy atom. The van der Waals surface area contributed by atoms with Gasteiger partial charge in [-0.2, -0.15) is 9.97 Å². The molecule has 15 nitrogen and oxygen atoms in total. The van der Waals surface area contributed by atoms with Crippen LogP contribution in [-0.2, 0) is 40.1 Å². The Hall–Kier alpha value is -5.41. The Kier molecular flexibility index (Phi) is 11.5. The van der Waals surface area contributed by atoms with Crippen molar-refractivity contribution in [1.82, 2.24) is 19.5 Å². The van der Waals surface area contributed by atoms with Gasteiger partial charge in [0.05, 0.1) is 30.9 Å². The van der Waals surface area contributed by atoms with E-state index in [9.17, 15) is 19.2 Å². The summed E-state index contributed by atoms with van der Waals surface area (Å²) in [6.45, 7) is 3.64. The summed E-state index contributed by atoms with van der Waals surface area (Å²) in [5.41, 5.74) is 1.39. The Labute approximate surface area is 258 Å². The Balaban J connectivity index is 1.68. The summed E-state index contributed by atoms with van der Waals surface area (Å²) in [5, 5.41) is 0. The van der Waals surface area contributed by atoms with E-state index in [0.717, 1.165) is 4.90 Å². The van der Waals surface area contributed by atoms with Gasteiger partial charge in [-0.3, -0.25) is 23.9 Å². The molecular weight excluding hydrogens is 588 g/mol. The molecule has 4 rings (SSSR count). The van der Waals surface area contributed by atoms with Gasteiger partial charge in [0.25, 0.3) is 5.88 Å². The van der Waals surface area contributed by atoms with Crippen molar-refractivity contribution in [1.29, 1.82) is 0 Å². The molecule has 0 fully saturated rings. The highest BCUT2D eigenvalue weighted by molar-refractivity contribution is 5.98. The summed E-state index contributed by atoms with van der Waals surface area (Å²) in [5.74, 6) is -1.74. The normalized spacial score (nSPS) is 10.7. The predicted octanol–water partition coefficient (Wildman–Crippen LogP) is 3.59. The number of ether oxygens (including phenoxy) is 5. The quantitative estimate of drug-likeness (QED) is 0.114. The number of fused-ring (bicyclic) bond motifs is 1. The number of carbonyl (C=O) groups excluding carboxylic acids is 4. The summed E-state index contributed by atoms with van der Waals surface area (Å²) in [7, 11) is 0. The van der Waals surface area contributed by atoms with Crippen LogP contribution in [0.5, 0.6) is 5.88 Å². The standard InChI is InChI=1S/C30H32N6O9/c1-21(37)35(20-42-15-17-44-23(3)39)29-32-27-26(31-18-34(27)19-41-14-16-43-22(2)38)28(33-29)45-30(40)36(24-10-6-4-7-11-24)25-12-8-5-9-13-25/h4-13,18H,14-17,19-20H2,1-3H3. The van der Waals surface area contributed by atoms with Gasteiger partial charge in [-0.25, -0.2) is 14.7 Å². The lowest BCUT2D eigenvalue weighted by molar-refractivity contribution is -0.143. The van der Waals surface area contributed by atoms with E-state index in [1.807, 2.05) is 12.1 Å². The number of rotatable bonds is 14. The Bertz CT molecular complexity index is 1570. The number of hydrogen-bond acceptors (Lipinski definition) is 12. The van der Waals surface area contributed by atoms with E-state index in [4.69, 9.17) is 23.7 Å². The van der Waals surface area contributed by atoms with Crippen LogP contribution in [0, 0.1) is 0 Å². The number of benzene rings is 2. The van der Waals surface area contributed by atoms with E-state index in [2.05, 4.69) is 15.0 Å². The molecular formula is C30H32N6O9. The van der Waals surface area contributed by atoms with Crippen LogP contribution in [0.4, 0.5) is 22.1 Å². The number of imidazole rings is 1. The number of esters is 2. The maximum atomic E-state index is 13.8. The molecule has 0 saturated heterocycles. The van der Waals surface area contributed by atoms with Crippen LogP contribution >= 0.6 is 0 Å². The molecule has 236 valence electrons. The molecule has 45 heavy (non-hydrogen) atoms. The van der Waals surface area contributed by atoms with Crippen LogP contribution in [0.15, 0.2) is 67.0 Å². The van der Waals surface area contributed by atoms with Crippen molar-refractivity contribution < 1.29 is 42.9 Å². The molecule has 0 atom stereocenters. The van der Waals surface area contributed by atoms with Gasteiger partial charge in [0.15, 0.2) is 11.2 Å². The zero-order valence-corrected chi connectivity index (χ0v) is 25.0. The first-order valence-electron chi connectivity index (χ1n) is 13.8. The highest BCUT2D eigenvalue weighted by atomic mass is 16.6. The Morgan fingerprint density at radius 3 is 1.89 bits per heavy atom. The monoisotopic (exact) mass is 620 g/mol. The molecule has 2 aromatic carbocycles. The van der Waals surface area contributed by atoms with Gasteiger partial charge < -0.3 is 23.7 Å². The molecule has 2 heterocycles. The van der Waals surface area contributed by atoms with Crippen LogP contribution < -0.4 is 14.5 Å². The van der Waals surface area contributed by atoms with Crippen molar-refractivity contribution in [3.63, 3.8) is 0 Å². The van der Waals surface area contributed by atoms with Crippen molar-refractivity contribution in [2.24, 2.45) is 0 Å². The molecule has 0 unspecified atom stereocenters. The topological polar surface area (TPSA) is 165 Å². The molecule has 2 amide bonds. The summed E-state index contributed by atoms with van der Waals surface area (Å²) in [6.07, 6.45) is 0.615. The number of amides is 2. The third-order valence-electron chi connectivity index (χ3n) is 5.95. The number of aromatic nitrogens is 4. The molecule has 0 saturated carbocycles. The van der Waals surface area contributed by atoms with Gasteiger partial charge >= 0.3 is 18.0 Å². The zero-order chi connectivity index (χ0) is 32.2. The fourth-order valence-corrected chi connectivity index (χ4v) is 3.93. The highest BCUT2D eigenvalue weighted by Crippen LogP contribution is 2.29. The van der Waals surface area contributed by atoms with Crippen LogP contribution in [0.1, 0.15) is 20.8 Å². The third kappa shape index (κ3) is 9.04. The maximum Gasteiger partial charge on any atom is 0.425 e. The number of carbonyl (C=O) groups is 4. The van der Waals surface area contributed by atoms with Crippen molar-refractivity contribution in [2.45, 2.75) is 27.5 Å². The summed E-state index contributed by atoms with van der Waals surface area (Å²) >= 11 is 0. The number of nitrogens with zero attached hydrogens (tertiary/aromatic N) is 6. The van der Waals surface area contributed by atoms with Crippen LogP contribution in [0.3, 0.4) is 0 Å². The molecule has 0 bridgehead atoms. The second-order valence-corrected chi connectivity index (χ2v) is 9.29. The maximum absolute atomic E-state index is 13.8. The smallest absolute Gasteiger partial charge is 0.425 e. The third-order valence-corrected chi connectivity index (χ3v) is 5.95. The van der Waals surface area contributed by atoms with Crippen LogP contribution in [0.2, 0.25) is 0 Å². The van der Waals surface area contributed by atoms with E-state index in [0.29, 0.717) is 11.4 Å². The average Bonchev–Trinajstić information content (AvgIpc) is 3.42. The lowest BCUT2D eigenvalue weighted by Crippen LogP contribution is -2.34. The van der Waals surface area contributed by atoms with Crippen molar-refractivity contribution in [3.05, 3.63) is 67.0 Å². The molecule has 0 aliphatic carbocycles. The minimum atomic E-state index is -0.794. The lowest BCUT2D eigenvalue weighted by atomic mass is 10.2. The van der Waals surface area contributed by atoms with E-state index in [-0.39, 0.29) is 62.9 Å². The van der Waals surface area contributed by atoms with E-state index in [1.54, 1.807) is 48.5 Å². The molecule has 4 aromatic rings. The van der Waals surface area contributed by atoms with Gasteiger partial charge in [-0.15, -0.1) is 0 Å². The van der Waals surface area contributed by atoms with E-state index < -0.39 is 23.9 Å². The van der Waals surface area contributed by atoms with Gasteiger partial charge in [0, 0.05) is 20.8 Å². The largest absolute Gasteiger partial charge is 0.463 e. The second kappa shape index (κ2) is 15.9. The molecule has 0 aliphatic rings. The molecule has 0 radical (unpaired) electrons. The zero-order valence-electron chi connectivity index (χ0n) is 25.0. The first-order valence-corrected chi connectivity index (χ1v) is 13.8. The fraction of sp³-hybridized carbons (Fsp3) is 0.300. The lowest BCUT2D eigenvalue weighted by Gasteiger charge is -2.23. The molecule has 0 spiro atoms. The van der Waals surface area contributed by atoms with Crippen molar-refractivity contribution in [2.75, 3.05) is 43.0 Å². The van der Waals surface area contributed by atoms with E-state index >= 15 is 0 Å². The van der Waals surface area contributed by atoms with Gasteiger partial charge in [-0.05, 0) is 24.3 Å². The first kappa shape index (κ1) is 32.5. The molecule has 15 heteroatoms. The minimum absolute atomic E-state index is 0.00463. The minimum Gasteiger partial charge on any atom is -0.463 e. The fourth-order valence-electron chi connectivity index (χ4n) is 3.93. The SMILES string of the molecule is CC(=O)OCCOCN(C(C)=O)c1nc(OC(=O)N(c2ccccc2)c2ccccc2)c2ncn(COCCOC(C)=O)c2n1. The summed E-state index contributed by atoms with van der Waals surface area (Å²) < 4.78 is 28.2. The summed E-state index contributed by atoms with van der Waals surface area (Å²) in [6, 6.07) is 17.8. The predicted molar refractivity (Wildman–Crippen MR) is 160 cm³/mol. The number of anilines is 3.